The van der Waals surface area contributed by atoms with E-state index in [1.54, 1.807) is 26.8 Å². The molecule has 0 fully saturated rings. The number of ether oxygens (including phenoxy) is 1. The fourth-order valence-electron chi connectivity index (χ4n) is 1.97. The van der Waals surface area contributed by atoms with Crippen LogP contribution in [0, 0.1) is 13.8 Å². The first-order chi connectivity index (χ1) is 11.8. The average molecular weight is 348 g/mol. The third-order valence-corrected chi connectivity index (χ3v) is 3.38. The molecule has 10 heteroatoms. The molecule has 0 saturated heterocycles. The van der Waals surface area contributed by atoms with Crippen molar-refractivity contribution >= 4 is 23.7 Å². The van der Waals surface area contributed by atoms with Crippen molar-refractivity contribution in [1.82, 2.24) is 30.2 Å². The molecule has 0 aromatic carbocycles. The number of imide groups is 1. The van der Waals surface area contributed by atoms with Crippen LogP contribution in [0.5, 0.6) is 0 Å². The summed E-state index contributed by atoms with van der Waals surface area (Å²) in [7, 11) is 0. The Balaban J connectivity index is 1.93. The second-order valence-electron chi connectivity index (χ2n) is 5.59. The van der Waals surface area contributed by atoms with E-state index in [2.05, 4.69) is 25.7 Å². The second-order valence-corrected chi connectivity index (χ2v) is 5.59. The number of amides is 3. The lowest BCUT2D eigenvalue weighted by atomic mass is 10.3. The van der Waals surface area contributed by atoms with Gasteiger partial charge in [0, 0.05) is 17.4 Å². The minimum absolute atomic E-state index is 0.0725. The number of carbonyl (C=O) groups excluding carboxylic acids is 3. The van der Waals surface area contributed by atoms with Gasteiger partial charge in [-0.3, -0.25) is 10.1 Å². The predicted octanol–water partition coefficient (Wildman–Crippen LogP) is 0.522. The number of nitrogens with one attached hydrogen (secondary N) is 2. The van der Waals surface area contributed by atoms with Gasteiger partial charge in [-0.15, -0.1) is 5.10 Å². The first-order valence-corrected chi connectivity index (χ1v) is 7.78. The van der Waals surface area contributed by atoms with E-state index in [4.69, 9.17) is 4.74 Å². The van der Waals surface area contributed by atoms with Crippen molar-refractivity contribution in [2.75, 3.05) is 6.61 Å². The van der Waals surface area contributed by atoms with Crippen LogP contribution in [0.3, 0.4) is 0 Å². The van der Waals surface area contributed by atoms with Gasteiger partial charge in [-0.05, 0) is 33.3 Å². The first-order valence-electron chi connectivity index (χ1n) is 7.78. The summed E-state index contributed by atoms with van der Waals surface area (Å²) in [5.74, 6) is -1.57. The quantitative estimate of drug-likeness (QED) is 0.754. The summed E-state index contributed by atoms with van der Waals surface area (Å²) in [4.78, 5) is 43.2. The van der Waals surface area contributed by atoms with E-state index in [0.717, 1.165) is 17.8 Å². The Labute approximate surface area is 144 Å². The van der Waals surface area contributed by atoms with Gasteiger partial charge in [-0.2, -0.15) is 4.98 Å². The van der Waals surface area contributed by atoms with Crippen LogP contribution >= 0.6 is 0 Å². The van der Waals surface area contributed by atoms with Gasteiger partial charge in [-0.25, -0.2) is 19.1 Å². The fraction of sp³-hybridized carbons (Fsp3) is 0.467. The zero-order chi connectivity index (χ0) is 18.6. The number of carbonyl (C=O) groups is 3. The van der Waals surface area contributed by atoms with Crippen molar-refractivity contribution < 1.29 is 19.1 Å². The van der Waals surface area contributed by atoms with Crippen LogP contribution in [0.1, 0.15) is 42.3 Å². The van der Waals surface area contributed by atoms with Gasteiger partial charge in [0.15, 0.2) is 6.61 Å². The summed E-state index contributed by atoms with van der Waals surface area (Å²) in [5.41, 5.74) is 1.50. The summed E-state index contributed by atoms with van der Waals surface area (Å²) in [6.45, 7) is 6.68. The van der Waals surface area contributed by atoms with E-state index < -0.39 is 24.5 Å². The Morgan fingerprint density at radius 2 is 2.00 bits per heavy atom. The van der Waals surface area contributed by atoms with Crippen molar-refractivity contribution in [2.24, 2.45) is 0 Å². The van der Waals surface area contributed by atoms with E-state index in [-0.39, 0.29) is 17.6 Å². The van der Waals surface area contributed by atoms with Gasteiger partial charge in [-0.1, -0.05) is 6.92 Å². The van der Waals surface area contributed by atoms with Crippen molar-refractivity contribution in [3.63, 3.8) is 0 Å². The monoisotopic (exact) mass is 348 g/mol. The normalized spacial score (nSPS) is 11.8. The number of hydrogen-bond donors (Lipinski definition) is 2. The molecule has 0 bridgehead atoms. The molecule has 0 aliphatic heterocycles. The van der Waals surface area contributed by atoms with Gasteiger partial charge in [0.25, 0.3) is 17.5 Å². The number of hydrogen-bond acceptors (Lipinski definition) is 7. The average Bonchev–Trinajstić information content (AvgIpc) is 2.96. The van der Waals surface area contributed by atoms with Crippen LogP contribution in [-0.2, 0) is 9.53 Å². The van der Waals surface area contributed by atoms with Crippen molar-refractivity contribution in [2.45, 2.75) is 40.2 Å². The zero-order valence-electron chi connectivity index (χ0n) is 14.5. The molecule has 0 radical (unpaired) electrons. The van der Waals surface area contributed by atoms with Gasteiger partial charge in [0.1, 0.15) is 0 Å². The Hall–Kier alpha value is -3.04. The number of esters is 1. The predicted molar refractivity (Wildman–Crippen MR) is 87.0 cm³/mol. The molecular weight excluding hydrogens is 328 g/mol. The highest BCUT2D eigenvalue weighted by Crippen LogP contribution is 2.06. The van der Waals surface area contributed by atoms with Gasteiger partial charge in [0.05, 0.1) is 0 Å². The molecule has 134 valence electrons. The van der Waals surface area contributed by atoms with Crippen LogP contribution in [0.15, 0.2) is 6.07 Å². The first kappa shape index (κ1) is 18.3. The van der Waals surface area contributed by atoms with Crippen LogP contribution in [0.4, 0.5) is 4.79 Å². The standard InChI is InChI=1S/C15H20N6O4/c1-5-8(2)17-15(24)18-11(22)7-25-13(23)12-19-14-16-9(3)6-10(4)21(14)20-12/h6,8H,5,7H2,1-4H3,(H2,17,18,22,24)/t8-/m0/s1. The Morgan fingerprint density at radius 1 is 1.28 bits per heavy atom. The summed E-state index contributed by atoms with van der Waals surface area (Å²) in [6, 6.07) is 1.08. The maximum absolute atomic E-state index is 12.0. The number of urea groups is 1. The molecule has 10 nitrogen and oxygen atoms in total. The second kappa shape index (κ2) is 7.69. The lowest BCUT2D eigenvalue weighted by Gasteiger charge is -2.11. The lowest BCUT2D eigenvalue weighted by molar-refractivity contribution is -0.123. The number of rotatable bonds is 5. The van der Waals surface area contributed by atoms with Crippen LogP contribution in [0.25, 0.3) is 5.78 Å². The molecule has 0 spiro atoms. The Kier molecular flexibility index (Phi) is 5.63. The molecule has 0 aliphatic rings. The van der Waals surface area contributed by atoms with Crippen molar-refractivity contribution in [3.8, 4) is 0 Å². The van der Waals surface area contributed by atoms with E-state index in [0.29, 0.717) is 0 Å². The molecule has 25 heavy (non-hydrogen) atoms. The van der Waals surface area contributed by atoms with E-state index in [1.165, 1.54) is 4.52 Å². The van der Waals surface area contributed by atoms with E-state index in [1.807, 2.05) is 6.92 Å². The molecule has 2 rings (SSSR count). The van der Waals surface area contributed by atoms with Crippen LogP contribution < -0.4 is 10.6 Å². The summed E-state index contributed by atoms with van der Waals surface area (Å²) in [6.07, 6.45) is 0.725. The topological polar surface area (TPSA) is 128 Å². The third-order valence-electron chi connectivity index (χ3n) is 3.38. The summed E-state index contributed by atoms with van der Waals surface area (Å²) >= 11 is 0. The number of fused-ring (bicyclic) bond motifs is 1. The van der Waals surface area contributed by atoms with Crippen LogP contribution in [-0.4, -0.2) is 50.1 Å². The largest absolute Gasteiger partial charge is 0.450 e. The fourth-order valence-corrected chi connectivity index (χ4v) is 1.97. The number of nitrogens with zero attached hydrogens (tertiary/aromatic N) is 4. The maximum Gasteiger partial charge on any atom is 0.378 e. The lowest BCUT2D eigenvalue weighted by Crippen LogP contribution is -2.44. The SMILES string of the molecule is CC[C@H](C)NC(=O)NC(=O)COC(=O)c1nc2nc(C)cc(C)n2n1. The molecule has 3 amide bonds. The molecule has 2 heterocycles. The number of aromatic nitrogens is 4. The zero-order valence-corrected chi connectivity index (χ0v) is 14.5. The molecule has 2 N–H and O–H groups in total. The van der Waals surface area contributed by atoms with E-state index >= 15 is 0 Å². The van der Waals surface area contributed by atoms with Crippen molar-refractivity contribution in [3.05, 3.63) is 23.3 Å². The highest BCUT2D eigenvalue weighted by atomic mass is 16.5. The Bertz CT molecular complexity index is 816. The molecule has 2 aromatic heterocycles. The molecule has 2 aromatic rings. The van der Waals surface area contributed by atoms with E-state index in [9.17, 15) is 14.4 Å². The molecule has 1 atom stereocenters. The van der Waals surface area contributed by atoms with Gasteiger partial charge >= 0.3 is 12.0 Å². The van der Waals surface area contributed by atoms with Crippen LogP contribution in [0.2, 0.25) is 0 Å². The highest BCUT2D eigenvalue weighted by molar-refractivity contribution is 5.96. The smallest absolute Gasteiger partial charge is 0.378 e. The minimum atomic E-state index is -0.875. The maximum atomic E-state index is 12.0. The van der Waals surface area contributed by atoms with Gasteiger partial charge in [0.2, 0.25) is 0 Å². The Morgan fingerprint density at radius 3 is 2.68 bits per heavy atom. The summed E-state index contributed by atoms with van der Waals surface area (Å²) in [5, 5.41) is 8.63. The number of aryl methyl sites for hydroxylation is 2. The molecule has 0 unspecified atom stereocenters. The third kappa shape index (κ3) is 4.72. The molecular formula is C15H20N6O4. The molecule has 0 saturated carbocycles. The van der Waals surface area contributed by atoms with Crippen molar-refractivity contribution in [1.29, 1.82) is 0 Å². The highest BCUT2D eigenvalue weighted by Gasteiger charge is 2.18. The van der Waals surface area contributed by atoms with Gasteiger partial charge < -0.3 is 10.1 Å². The molecule has 0 aliphatic carbocycles. The summed E-state index contributed by atoms with van der Waals surface area (Å²) < 4.78 is 6.23. The minimum Gasteiger partial charge on any atom is -0.450 e.